The number of aromatic nitrogens is 1. The van der Waals surface area contributed by atoms with Crippen LogP contribution in [0.2, 0.25) is 0 Å². The Bertz CT molecular complexity index is 347. The Labute approximate surface area is 110 Å². The fourth-order valence-corrected chi connectivity index (χ4v) is 2.70. The SMILES string of the molecule is CCCNC(c1cccnc1)C1(C)CCCCO1. The topological polar surface area (TPSA) is 34.2 Å². The Morgan fingerprint density at radius 2 is 2.39 bits per heavy atom. The Balaban J connectivity index is 2.18. The van der Waals surface area contributed by atoms with Crippen molar-refractivity contribution in [2.24, 2.45) is 0 Å². The molecule has 3 nitrogen and oxygen atoms in total. The second-order valence-corrected chi connectivity index (χ2v) is 5.29. The molecule has 0 saturated carbocycles. The maximum absolute atomic E-state index is 6.09. The summed E-state index contributed by atoms with van der Waals surface area (Å²) in [6.07, 6.45) is 8.46. The summed E-state index contributed by atoms with van der Waals surface area (Å²) in [4.78, 5) is 4.24. The van der Waals surface area contributed by atoms with E-state index in [9.17, 15) is 0 Å². The normalized spacial score (nSPS) is 25.9. The van der Waals surface area contributed by atoms with Crippen LogP contribution < -0.4 is 5.32 Å². The highest BCUT2D eigenvalue weighted by atomic mass is 16.5. The fourth-order valence-electron chi connectivity index (χ4n) is 2.70. The summed E-state index contributed by atoms with van der Waals surface area (Å²) >= 11 is 0. The van der Waals surface area contributed by atoms with E-state index in [1.54, 1.807) is 0 Å². The summed E-state index contributed by atoms with van der Waals surface area (Å²) in [6.45, 7) is 6.31. The van der Waals surface area contributed by atoms with Crippen molar-refractivity contribution in [2.45, 2.75) is 51.2 Å². The lowest BCUT2D eigenvalue weighted by atomic mass is 9.84. The zero-order valence-corrected chi connectivity index (χ0v) is 11.5. The van der Waals surface area contributed by atoms with Crippen LogP contribution in [0.4, 0.5) is 0 Å². The molecule has 1 saturated heterocycles. The van der Waals surface area contributed by atoms with Gasteiger partial charge in [-0.2, -0.15) is 0 Å². The number of rotatable bonds is 5. The van der Waals surface area contributed by atoms with Crippen LogP contribution in [0.5, 0.6) is 0 Å². The number of ether oxygens (including phenoxy) is 1. The van der Waals surface area contributed by atoms with Gasteiger partial charge in [0.2, 0.25) is 0 Å². The van der Waals surface area contributed by atoms with E-state index >= 15 is 0 Å². The molecule has 100 valence electrons. The van der Waals surface area contributed by atoms with Crippen molar-refractivity contribution in [1.29, 1.82) is 0 Å². The number of hydrogen-bond donors (Lipinski definition) is 1. The first-order valence-electron chi connectivity index (χ1n) is 7.03. The highest BCUT2D eigenvalue weighted by Gasteiger charge is 2.37. The maximum Gasteiger partial charge on any atom is 0.0848 e. The van der Waals surface area contributed by atoms with E-state index in [1.165, 1.54) is 18.4 Å². The number of nitrogens with zero attached hydrogens (tertiary/aromatic N) is 1. The first-order valence-corrected chi connectivity index (χ1v) is 7.03. The minimum atomic E-state index is -0.101. The maximum atomic E-state index is 6.09. The molecule has 3 heteroatoms. The van der Waals surface area contributed by atoms with Gasteiger partial charge in [0.25, 0.3) is 0 Å². The van der Waals surface area contributed by atoms with E-state index in [-0.39, 0.29) is 11.6 Å². The number of pyridine rings is 1. The van der Waals surface area contributed by atoms with E-state index in [4.69, 9.17) is 4.74 Å². The molecule has 2 rings (SSSR count). The molecule has 1 fully saturated rings. The fraction of sp³-hybridized carbons (Fsp3) is 0.667. The predicted molar refractivity (Wildman–Crippen MR) is 73.5 cm³/mol. The zero-order valence-electron chi connectivity index (χ0n) is 11.5. The van der Waals surface area contributed by atoms with Crippen molar-refractivity contribution in [3.63, 3.8) is 0 Å². The van der Waals surface area contributed by atoms with Crippen molar-refractivity contribution in [1.82, 2.24) is 10.3 Å². The van der Waals surface area contributed by atoms with Gasteiger partial charge in [-0.05, 0) is 50.8 Å². The second-order valence-electron chi connectivity index (χ2n) is 5.29. The van der Waals surface area contributed by atoms with Crippen LogP contribution in [-0.2, 0) is 4.74 Å². The smallest absolute Gasteiger partial charge is 0.0848 e. The molecule has 1 aliphatic rings. The van der Waals surface area contributed by atoms with Gasteiger partial charge < -0.3 is 10.1 Å². The lowest BCUT2D eigenvalue weighted by molar-refractivity contribution is -0.0898. The second kappa shape index (κ2) is 6.30. The van der Waals surface area contributed by atoms with Crippen LogP contribution in [0.25, 0.3) is 0 Å². The van der Waals surface area contributed by atoms with Crippen molar-refractivity contribution in [3.8, 4) is 0 Å². The van der Waals surface area contributed by atoms with Crippen LogP contribution in [0, 0.1) is 0 Å². The summed E-state index contributed by atoms with van der Waals surface area (Å²) in [5.41, 5.74) is 1.13. The van der Waals surface area contributed by atoms with Gasteiger partial charge in [0.05, 0.1) is 11.6 Å². The van der Waals surface area contributed by atoms with Gasteiger partial charge >= 0.3 is 0 Å². The largest absolute Gasteiger partial charge is 0.373 e. The number of nitrogens with one attached hydrogen (secondary N) is 1. The van der Waals surface area contributed by atoms with Crippen LogP contribution in [0.1, 0.15) is 51.1 Å². The first kappa shape index (κ1) is 13.5. The third kappa shape index (κ3) is 3.09. The van der Waals surface area contributed by atoms with Gasteiger partial charge in [0.1, 0.15) is 0 Å². The number of hydrogen-bond acceptors (Lipinski definition) is 3. The molecule has 2 heterocycles. The lowest BCUT2D eigenvalue weighted by Crippen LogP contribution is -2.46. The Kier molecular flexibility index (Phi) is 4.72. The summed E-state index contributed by atoms with van der Waals surface area (Å²) in [7, 11) is 0. The lowest BCUT2D eigenvalue weighted by Gasteiger charge is -2.41. The van der Waals surface area contributed by atoms with Gasteiger partial charge in [0.15, 0.2) is 0 Å². The standard InChI is InChI=1S/C15H24N2O/c1-3-9-17-14(13-7-6-10-16-12-13)15(2)8-4-5-11-18-15/h6-7,10,12,14,17H,3-5,8-9,11H2,1-2H3. The predicted octanol–water partition coefficient (Wildman–Crippen LogP) is 3.08. The van der Waals surface area contributed by atoms with E-state index in [0.717, 1.165) is 26.0 Å². The van der Waals surface area contributed by atoms with E-state index in [1.807, 2.05) is 18.5 Å². The van der Waals surface area contributed by atoms with Crippen molar-refractivity contribution >= 4 is 0 Å². The summed E-state index contributed by atoms with van der Waals surface area (Å²) in [6, 6.07) is 4.39. The minimum Gasteiger partial charge on any atom is -0.373 e. The molecule has 0 amide bonds. The average molecular weight is 248 g/mol. The molecular weight excluding hydrogens is 224 g/mol. The quantitative estimate of drug-likeness (QED) is 0.869. The molecule has 2 unspecified atom stereocenters. The van der Waals surface area contributed by atoms with Crippen molar-refractivity contribution in [3.05, 3.63) is 30.1 Å². The Morgan fingerprint density at radius 3 is 3.00 bits per heavy atom. The third-order valence-corrected chi connectivity index (χ3v) is 3.73. The summed E-state index contributed by atoms with van der Waals surface area (Å²) in [5, 5.41) is 3.63. The molecule has 0 bridgehead atoms. The first-order chi connectivity index (χ1) is 8.76. The van der Waals surface area contributed by atoms with Crippen LogP contribution in [0.15, 0.2) is 24.5 Å². The summed E-state index contributed by atoms with van der Waals surface area (Å²) < 4.78 is 6.09. The molecule has 1 aliphatic heterocycles. The van der Waals surface area contributed by atoms with E-state index < -0.39 is 0 Å². The van der Waals surface area contributed by atoms with Gasteiger partial charge in [0, 0.05) is 19.0 Å². The molecule has 0 aliphatic carbocycles. The average Bonchev–Trinajstić information content (AvgIpc) is 2.41. The monoisotopic (exact) mass is 248 g/mol. The van der Waals surface area contributed by atoms with Crippen LogP contribution in [0.3, 0.4) is 0 Å². The Morgan fingerprint density at radius 1 is 1.50 bits per heavy atom. The molecule has 0 radical (unpaired) electrons. The highest BCUT2D eigenvalue weighted by molar-refractivity contribution is 5.18. The van der Waals surface area contributed by atoms with Crippen molar-refractivity contribution < 1.29 is 4.74 Å². The zero-order chi connectivity index (χ0) is 12.8. The molecule has 1 N–H and O–H groups in total. The van der Waals surface area contributed by atoms with Crippen LogP contribution >= 0.6 is 0 Å². The third-order valence-electron chi connectivity index (χ3n) is 3.73. The van der Waals surface area contributed by atoms with Gasteiger partial charge in [-0.1, -0.05) is 13.0 Å². The Hall–Kier alpha value is -0.930. The highest BCUT2D eigenvalue weighted by Crippen LogP contribution is 2.36. The molecule has 1 aromatic rings. The molecule has 2 atom stereocenters. The van der Waals surface area contributed by atoms with Gasteiger partial charge in [-0.25, -0.2) is 0 Å². The molecular formula is C15H24N2O. The van der Waals surface area contributed by atoms with Gasteiger partial charge in [-0.15, -0.1) is 0 Å². The van der Waals surface area contributed by atoms with Gasteiger partial charge in [-0.3, -0.25) is 4.98 Å². The van der Waals surface area contributed by atoms with E-state index in [2.05, 4.69) is 30.2 Å². The molecule has 0 spiro atoms. The van der Waals surface area contributed by atoms with Crippen molar-refractivity contribution in [2.75, 3.05) is 13.2 Å². The molecule has 18 heavy (non-hydrogen) atoms. The minimum absolute atomic E-state index is 0.101. The molecule has 1 aromatic heterocycles. The molecule has 0 aromatic carbocycles. The summed E-state index contributed by atoms with van der Waals surface area (Å²) in [5.74, 6) is 0. The van der Waals surface area contributed by atoms with Crippen LogP contribution in [-0.4, -0.2) is 23.7 Å². The van der Waals surface area contributed by atoms with E-state index in [0.29, 0.717) is 0 Å².